The van der Waals surface area contributed by atoms with Crippen LogP contribution in [0.1, 0.15) is 218 Å². The molecule has 0 atom stereocenters. The van der Waals surface area contributed by atoms with Crippen LogP contribution in [0.4, 0.5) is 0 Å². The van der Waals surface area contributed by atoms with Gasteiger partial charge in [0, 0.05) is 37.6 Å². The Morgan fingerprint density at radius 2 is 0.568 bits per heavy atom. The van der Waals surface area contributed by atoms with Crippen molar-refractivity contribution in [3.05, 3.63) is 36.4 Å². The fourth-order valence-corrected chi connectivity index (χ4v) is 6.71. The number of hydrogen-bond donors (Lipinski definition) is 0. The lowest BCUT2D eigenvalue weighted by atomic mass is 10.0. The van der Waals surface area contributed by atoms with Gasteiger partial charge >= 0.3 is 0 Å². The maximum Gasteiger partial charge on any atom is 0.128 e. The number of unbranched alkanes of at least 4 members (excludes halogenated alkanes) is 28. The van der Waals surface area contributed by atoms with Gasteiger partial charge in [0.2, 0.25) is 0 Å². The van der Waals surface area contributed by atoms with Gasteiger partial charge < -0.3 is 0 Å². The Morgan fingerprint density at radius 3 is 0.818 bits per heavy atom. The molecule has 2 rings (SSSR count). The van der Waals surface area contributed by atoms with Crippen molar-refractivity contribution in [1.82, 2.24) is 19.3 Å². The highest BCUT2D eigenvalue weighted by molar-refractivity contribution is 5.00. The molecule has 0 fully saturated rings. The number of hydrogen-bond acceptors (Lipinski definition) is 2. The van der Waals surface area contributed by atoms with Crippen molar-refractivity contribution in [2.75, 3.05) is 0 Å². The summed E-state index contributed by atoms with van der Waals surface area (Å²) < 4.78 is 4.47. The molecular formula is C40H74N4. The zero-order chi connectivity index (χ0) is 31.2. The summed E-state index contributed by atoms with van der Waals surface area (Å²) in [4.78, 5) is 9.42. The van der Waals surface area contributed by atoms with E-state index in [0.717, 1.165) is 12.8 Å². The van der Waals surface area contributed by atoms with Gasteiger partial charge in [0.15, 0.2) is 0 Å². The standard InChI is InChI=1S/C40H74N4/c1-3-5-7-9-11-13-15-17-19-21-23-25-27-29-31-33-39-41-35-37-43(39)44-38-36-42-40(44)34-32-30-28-26-24-22-20-18-16-14-12-10-8-6-4-2/h35-38H,3-34H2,1-2H3. The molecule has 2 aromatic rings. The van der Waals surface area contributed by atoms with Gasteiger partial charge in [-0.15, -0.1) is 0 Å². The summed E-state index contributed by atoms with van der Waals surface area (Å²) in [5.41, 5.74) is 0. The van der Waals surface area contributed by atoms with Crippen molar-refractivity contribution < 1.29 is 0 Å². The van der Waals surface area contributed by atoms with E-state index in [1.165, 1.54) is 204 Å². The van der Waals surface area contributed by atoms with E-state index in [1.807, 2.05) is 12.4 Å². The highest BCUT2D eigenvalue weighted by atomic mass is 15.5. The largest absolute Gasteiger partial charge is 0.240 e. The molecule has 0 aliphatic rings. The topological polar surface area (TPSA) is 35.6 Å². The van der Waals surface area contributed by atoms with Gasteiger partial charge in [0.1, 0.15) is 11.6 Å². The summed E-state index contributed by atoms with van der Waals surface area (Å²) >= 11 is 0. The summed E-state index contributed by atoms with van der Waals surface area (Å²) in [6, 6.07) is 0. The lowest BCUT2D eigenvalue weighted by Gasteiger charge is -2.12. The van der Waals surface area contributed by atoms with Crippen LogP contribution in [-0.4, -0.2) is 19.3 Å². The maximum absolute atomic E-state index is 4.71. The third-order valence-electron chi connectivity index (χ3n) is 9.63. The lowest BCUT2D eigenvalue weighted by molar-refractivity contribution is 0.519. The number of rotatable bonds is 33. The first-order valence-corrected chi connectivity index (χ1v) is 19.9. The second-order valence-corrected chi connectivity index (χ2v) is 13.8. The molecule has 0 aliphatic carbocycles. The highest BCUT2D eigenvalue weighted by Gasteiger charge is 2.09. The van der Waals surface area contributed by atoms with Crippen LogP contribution >= 0.6 is 0 Å². The average Bonchev–Trinajstić information content (AvgIpc) is 3.70. The van der Waals surface area contributed by atoms with E-state index >= 15 is 0 Å². The zero-order valence-electron chi connectivity index (χ0n) is 29.7. The van der Waals surface area contributed by atoms with Crippen molar-refractivity contribution in [2.45, 2.75) is 219 Å². The van der Waals surface area contributed by atoms with E-state index in [-0.39, 0.29) is 0 Å². The van der Waals surface area contributed by atoms with Gasteiger partial charge in [-0.05, 0) is 12.8 Å². The first-order valence-electron chi connectivity index (χ1n) is 19.9. The van der Waals surface area contributed by atoms with Crippen LogP contribution < -0.4 is 0 Å². The van der Waals surface area contributed by atoms with Gasteiger partial charge in [-0.2, -0.15) is 0 Å². The Bertz CT molecular complexity index is 783. The van der Waals surface area contributed by atoms with Crippen LogP contribution in [0.5, 0.6) is 0 Å². The van der Waals surface area contributed by atoms with E-state index in [4.69, 9.17) is 9.97 Å². The second-order valence-electron chi connectivity index (χ2n) is 13.8. The highest BCUT2D eigenvalue weighted by Crippen LogP contribution is 2.16. The fourth-order valence-electron chi connectivity index (χ4n) is 6.71. The number of aryl methyl sites for hydroxylation is 2. The molecule has 0 aromatic carbocycles. The minimum absolute atomic E-state index is 1.06. The minimum atomic E-state index is 1.06. The molecule has 0 spiro atoms. The molecule has 0 N–H and O–H groups in total. The summed E-state index contributed by atoms with van der Waals surface area (Å²) in [7, 11) is 0. The molecule has 44 heavy (non-hydrogen) atoms. The predicted octanol–water partition coefficient (Wildman–Crippen LogP) is 13.2. The molecule has 0 saturated heterocycles. The number of imidazole rings is 2. The molecule has 0 bridgehead atoms. The Hall–Kier alpha value is -1.58. The molecule has 254 valence electrons. The van der Waals surface area contributed by atoms with Gasteiger partial charge in [-0.1, -0.05) is 194 Å². The maximum atomic E-state index is 4.71. The van der Waals surface area contributed by atoms with Crippen LogP contribution in [0.25, 0.3) is 0 Å². The molecule has 0 amide bonds. The molecule has 2 heterocycles. The summed E-state index contributed by atoms with van der Waals surface area (Å²) in [6.45, 7) is 4.60. The van der Waals surface area contributed by atoms with Crippen molar-refractivity contribution >= 4 is 0 Å². The first-order chi connectivity index (χ1) is 21.9. The first kappa shape index (κ1) is 38.6. The van der Waals surface area contributed by atoms with E-state index < -0.39 is 0 Å². The average molecular weight is 611 g/mol. The molecule has 0 radical (unpaired) electrons. The van der Waals surface area contributed by atoms with Crippen molar-refractivity contribution in [2.24, 2.45) is 0 Å². The predicted molar refractivity (Wildman–Crippen MR) is 193 cm³/mol. The Balaban J connectivity index is 1.45. The SMILES string of the molecule is CCCCCCCCCCCCCCCCCc1nccn1-n1ccnc1CCCCCCCCCCCCCCCCC. The van der Waals surface area contributed by atoms with Crippen molar-refractivity contribution in [3.63, 3.8) is 0 Å². The van der Waals surface area contributed by atoms with Crippen molar-refractivity contribution in [1.29, 1.82) is 0 Å². The Labute approximate surface area is 274 Å². The van der Waals surface area contributed by atoms with Gasteiger partial charge in [0.25, 0.3) is 0 Å². The molecule has 0 saturated carbocycles. The van der Waals surface area contributed by atoms with Gasteiger partial charge in [-0.3, -0.25) is 0 Å². The van der Waals surface area contributed by atoms with Crippen LogP contribution in [0.15, 0.2) is 24.8 Å². The third kappa shape index (κ3) is 19.7. The smallest absolute Gasteiger partial charge is 0.128 e. The minimum Gasteiger partial charge on any atom is -0.240 e. The molecule has 4 nitrogen and oxygen atoms in total. The Kier molecular flexibility index (Phi) is 25.3. The molecule has 0 aliphatic heterocycles. The van der Waals surface area contributed by atoms with Gasteiger partial charge in [-0.25, -0.2) is 19.3 Å². The molecular weight excluding hydrogens is 536 g/mol. The molecule has 0 unspecified atom stereocenters. The normalized spacial score (nSPS) is 11.6. The van der Waals surface area contributed by atoms with E-state index in [9.17, 15) is 0 Å². The van der Waals surface area contributed by atoms with Crippen LogP contribution in [0, 0.1) is 0 Å². The number of nitrogens with zero attached hydrogens (tertiary/aromatic N) is 4. The molecule has 2 aromatic heterocycles. The lowest BCUT2D eigenvalue weighted by Crippen LogP contribution is -2.15. The van der Waals surface area contributed by atoms with Crippen LogP contribution in [-0.2, 0) is 12.8 Å². The summed E-state index contributed by atoms with van der Waals surface area (Å²) in [5.74, 6) is 2.35. The van der Waals surface area contributed by atoms with Crippen molar-refractivity contribution in [3.8, 4) is 0 Å². The summed E-state index contributed by atoms with van der Waals surface area (Å²) in [6.07, 6.45) is 52.5. The fraction of sp³-hybridized carbons (Fsp3) is 0.850. The molecule has 4 heteroatoms. The van der Waals surface area contributed by atoms with Crippen LogP contribution in [0.3, 0.4) is 0 Å². The van der Waals surface area contributed by atoms with E-state index in [0.29, 0.717) is 0 Å². The van der Waals surface area contributed by atoms with E-state index in [2.05, 4.69) is 35.6 Å². The second kappa shape index (κ2) is 28.9. The summed E-state index contributed by atoms with van der Waals surface area (Å²) in [5, 5.41) is 0. The monoisotopic (exact) mass is 611 g/mol. The zero-order valence-corrected chi connectivity index (χ0v) is 29.7. The van der Waals surface area contributed by atoms with E-state index in [1.54, 1.807) is 0 Å². The Morgan fingerprint density at radius 1 is 0.341 bits per heavy atom. The number of aromatic nitrogens is 4. The van der Waals surface area contributed by atoms with Crippen LogP contribution in [0.2, 0.25) is 0 Å². The quantitative estimate of drug-likeness (QED) is 0.0754. The van der Waals surface area contributed by atoms with Gasteiger partial charge in [0.05, 0.1) is 0 Å². The third-order valence-corrected chi connectivity index (χ3v) is 9.63.